The van der Waals surface area contributed by atoms with Crippen LogP contribution in [0.15, 0.2) is 42.5 Å². The van der Waals surface area contributed by atoms with Crippen molar-refractivity contribution in [3.8, 4) is 5.75 Å². The Balaban J connectivity index is 1.99. The van der Waals surface area contributed by atoms with Crippen LogP contribution in [0.2, 0.25) is 0 Å². The van der Waals surface area contributed by atoms with Crippen LogP contribution in [-0.2, 0) is 4.74 Å². The van der Waals surface area contributed by atoms with E-state index in [1.54, 1.807) is 12.2 Å². The second-order valence-corrected chi connectivity index (χ2v) is 6.01. The van der Waals surface area contributed by atoms with Crippen molar-refractivity contribution in [2.24, 2.45) is 0 Å². The van der Waals surface area contributed by atoms with Crippen molar-refractivity contribution in [1.29, 1.82) is 0 Å². The third-order valence-corrected chi connectivity index (χ3v) is 2.99. The molecular weight excluding hydrogens is 278 g/mol. The Morgan fingerprint density at radius 3 is 2.68 bits per heavy atom. The summed E-state index contributed by atoms with van der Waals surface area (Å²) in [5.41, 5.74) is 0.203. The largest absolute Gasteiger partial charge is 0.507 e. The fraction of sp³-hybridized carbons (Fsp3) is 0.278. The number of rotatable bonds is 3. The molecule has 0 fully saturated rings. The summed E-state index contributed by atoms with van der Waals surface area (Å²) in [4.78, 5) is 11.5. The van der Waals surface area contributed by atoms with Gasteiger partial charge in [-0.05, 0) is 26.2 Å². The molecule has 4 heteroatoms. The van der Waals surface area contributed by atoms with Gasteiger partial charge in [0.15, 0.2) is 0 Å². The lowest BCUT2D eigenvalue weighted by molar-refractivity contribution is 0.0534. The van der Waals surface area contributed by atoms with Crippen LogP contribution in [0.4, 0.5) is 4.79 Å². The highest BCUT2D eigenvalue weighted by atomic mass is 16.6. The minimum Gasteiger partial charge on any atom is -0.507 e. The highest BCUT2D eigenvalue weighted by Gasteiger charge is 2.15. The Kier molecular flexibility index (Phi) is 4.71. The zero-order chi connectivity index (χ0) is 16.2. The van der Waals surface area contributed by atoms with Gasteiger partial charge in [-0.25, -0.2) is 4.79 Å². The molecule has 0 aliphatic heterocycles. The molecule has 0 spiro atoms. The first-order chi connectivity index (χ1) is 10.4. The minimum atomic E-state index is -0.510. The van der Waals surface area contributed by atoms with E-state index < -0.39 is 11.7 Å². The molecule has 2 aromatic rings. The molecule has 0 aliphatic carbocycles. The molecule has 2 rings (SSSR count). The first-order valence-electron chi connectivity index (χ1n) is 7.21. The standard InChI is InChI=1S/C18H21NO3/c1-18(2,3)22-17(21)19-12-6-8-14-11-10-13-7-4-5-9-15(13)16(14)20/h4-11,20H,12H2,1-3H3,(H,19,21). The van der Waals surface area contributed by atoms with Crippen molar-refractivity contribution < 1.29 is 14.6 Å². The van der Waals surface area contributed by atoms with Gasteiger partial charge in [-0.2, -0.15) is 0 Å². The van der Waals surface area contributed by atoms with Gasteiger partial charge >= 0.3 is 6.09 Å². The van der Waals surface area contributed by atoms with E-state index in [9.17, 15) is 9.90 Å². The van der Waals surface area contributed by atoms with E-state index in [2.05, 4.69) is 5.32 Å². The molecule has 4 nitrogen and oxygen atoms in total. The van der Waals surface area contributed by atoms with Crippen molar-refractivity contribution in [1.82, 2.24) is 5.32 Å². The third-order valence-electron chi connectivity index (χ3n) is 2.99. The molecule has 22 heavy (non-hydrogen) atoms. The number of benzene rings is 2. The molecule has 0 bridgehead atoms. The summed E-state index contributed by atoms with van der Waals surface area (Å²) in [5.74, 6) is 0.242. The molecule has 0 aliphatic rings. The van der Waals surface area contributed by atoms with Crippen molar-refractivity contribution in [3.05, 3.63) is 48.0 Å². The summed E-state index contributed by atoms with van der Waals surface area (Å²) in [7, 11) is 0. The fourth-order valence-corrected chi connectivity index (χ4v) is 2.05. The van der Waals surface area contributed by atoms with Crippen LogP contribution in [0.5, 0.6) is 5.75 Å². The molecule has 0 radical (unpaired) electrons. The molecule has 0 saturated heterocycles. The van der Waals surface area contributed by atoms with Crippen LogP contribution in [-0.4, -0.2) is 23.3 Å². The number of phenols is 1. The highest BCUT2D eigenvalue weighted by Crippen LogP contribution is 2.29. The van der Waals surface area contributed by atoms with E-state index in [0.29, 0.717) is 12.1 Å². The normalized spacial score (nSPS) is 11.8. The summed E-state index contributed by atoms with van der Waals surface area (Å²) in [6.07, 6.45) is 3.09. The Morgan fingerprint density at radius 1 is 1.23 bits per heavy atom. The van der Waals surface area contributed by atoms with Crippen molar-refractivity contribution in [2.45, 2.75) is 26.4 Å². The predicted octanol–water partition coefficient (Wildman–Crippen LogP) is 4.08. The number of hydrogen-bond acceptors (Lipinski definition) is 3. The lowest BCUT2D eigenvalue weighted by Crippen LogP contribution is -2.32. The number of amides is 1. The predicted molar refractivity (Wildman–Crippen MR) is 88.9 cm³/mol. The summed E-state index contributed by atoms with van der Waals surface area (Å²) in [5, 5.41) is 14.7. The molecule has 1 amide bonds. The van der Waals surface area contributed by atoms with Crippen LogP contribution in [0.3, 0.4) is 0 Å². The average Bonchev–Trinajstić information content (AvgIpc) is 2.44. The number of alkyl carbamates (subject to hydrolysis) is 1. The van der Waals surface area contributed by atoms with Crippen LogP contribution in [0.1, 0.15) is 26.3 Å². The second kappa shape index (κ2) is 6.52. The summed E-state index contributed by atoms with van der Waals surface area (Å²) in [6, 6.07) is 11.5. The summed E-state index contributed by atoms with van der Waals surface area (Å²) < 4.78 is 5.14. The third kappa shape index (κ3) is 4.25. The first kappa shape index (κ1) is 15.9. The lowest BCUT2D eigenvalue weighted by Gasteiger charge is -2.19. The second-order valence-electron chi connectivity index (χ2n) is 6.01. The summed E-state index contributed by atoms with van der Waals surface area (Å²) in [6.45, 7) is 5.78. The highest BCUT2D eigenvalue weighted by molar-refractivity contribution is 5.91. The Hall–Kier alpha value is -2.49. The van der Waals surface area contributed by atoms with Gasteiger partial charge in [-0.3, -0.25) is 0 Å². The molecule has 0 atom stereocenters. The molecular formula is C18H21NO3. The molecule has 0 saturated carbocycles. The van der Waals surface area contributed by atoms with Crippen molar-refractivity contribution in [3.63, 3.8) is 0 Å². The van der Waals surface area contributed by atoms with Gasteiger partial charge in [-0.15, -0.1) is 0 Å². The van der Waals surface area contributed by atoms with E-state index in [-0.39, 0.29) is 5.75 Å². The van der Waals surface area contributed by atoms with E-state index in [1.165, 1.54) is 0 Å². The monoisotopic (exact) mass is 299 g/mol. The maximum absolute atomic E-state index is 11.5. The number of fused-ring (bicyclic) bond motifs is 1. The Morgan fingerprint density at radius 2 is 1.95 bits per heavy atom. The van der Waals surface area contributed by atoms with Crippen LogP contribution >= 0.6 is 0 Å². The number of aromatic hydroxyl groups is 1. The fourth-order valence-electron chi connectivity index (χ4n) is 2.05. The zero-order valence-electron chi connectivity index (χ0n) is 13.1. The van der Waals surface area contributed by atoms with E-state index in [1.807, 2.05) is 57.2 Å². The number of phenolic OH excluding ortho intramolecular Hbond substituents is 1. The lowest BCUT2D eigenvalue weighted by atomic mass is 10.1. The van der Waals surface area contributed by atoms with Gasteiger partial charge in [0.25, 0.3) is 0 Å². The van der Waals surface area contributed by atoms with Gasteiger partial charge in [-0.1, -0.05) is 48.6 Å². The van der Waals surface area contributed by atoms with Gasteiger partial charge in [0.1, 0.15) is 11.4 Å². The number of nitrogens with one attached hydrogen (secondary N) is 1. The number of ether oxygens (including phenoxy) is 1. The minimum absolute atomic E-state index is 0.242. The van der Waals surface area contributed by atoms with Gasteiger partial charge in [0, 0.05) is 17.5 Å². The van der Waals surface area contributed by atoms with Gasteiger partial charge in [0.2, 0.25) is 0 Å². The number of carbonyl (C=O) groups excluding carboxylic acids is 1. The van der Waals surface area contributed by atoms with Gasteiger partial charge < -0.3 is 15.2 Å². The Labute approximate surface area is 130 Å². The van der Waals surface area contributed by atoms with Crippen LogP contribution < -0.4 is 5.32 Å². The van der Waals surface area contributed by atoms with E-state index >= 15 is 0 Å². The van der Waals surface area contributed by atoms with E-state index in [0.717, 1.165) is 10.8 Å². The average molecular weight is 299 g/mol. The number of hydrogen-bond donors (Lipinski definition) is 2. The molecule has 2 aromatic carbocycles. The number of carbonyl (C=O) groups is 1. The first-order valence-corrected chi connectivity index (χ1v) is 7.21. The van der Waals surface area contributed by atoms with Crippen molar-refractivity contribution >= 4 is 22.9 Å². The van der Waals surface area contributed by atoms with Gasteiger partial charge in [0.05, 0.1) is 0 Å². The smallest absolute Gasteiger partial charge is 0.407 e. The molecule has 2 N–H and O–H groups in total. The van der Waals surface area contributed by atoms with E-state index in [4.69, 9.17) is 4.74 Å². The zero-order valence-corrected chi connectivity index (χ0v) is 13.1. The molecule has 0 unspecified atom stereocenters. The maximum atomic E-state index is 11.5. The molecule has 0 aromatic heterocycles. The topological polar surface area (TPSA) is 58.6 Å². The summed E-state index contributed by atoms with van der Waals surface area (Å²) >= 11 is 0. The SMILES string of the molecule is CC(C)(C)OC(=O)NCC=Cc1ccc2ccccc2c1O. The van der Waals surface area contributed by atoms with Crippen molar-refractivity contribution in [2.75, 3.05) is 6.54 Å². The molecule has 116 valence electrons. The quantitative estimate of drug-likeness (QED) is 0.897. The molecule has 0 heterocycles. The maximum Gasteiger partial charge on any atom is 0.407 e. The van der Waals surface area contributed by atoms with Crippen LogP contribution in [0.25, 0.3) is 16.8 Å². The van der Waals surface area contributed by atoms with Crippen LogP contribution in [0, 0.1) is 0 Å². The Bertz CT molecular complexity index is 699.